The van der Waals surface area contributed by atoms with Crippen LogP contribution in [0.25, 0.3) is 0 Å². The quantitative estimate of drug-likeness (QED) is 0.889. The fourth-order valence-electron chi connectivity index (χ4n) is 2.54. The third-order valence-electron chi connectivity index (χ3n) is 3.68. The SMILES string of the molecule is NC(=O)CC1CCN(c2ccc(CO)c(Br)c2)CC1. The Morgan fingerprint density at radius 1 is 1.42 bits per heavy atom. The lowest BCUT2D eigenvalue weighted by Gasteiger charge is -2.33. The fraction of sp³-hybridized carbons (Fsp3) is 0.500. The van der Waals surface area contributed by atoms with Crippen LogP contribution in [0.2, 0.25) is 0 Å². The normalized spacial score (nSPS) is 16.6. The zero-order valence-electron chi connectivity index (χ0n) is 10.8. The first kappa shape index (κ1) is 14.3. The Morgan fingerprint density at radius 3 is 2.63 bits per heavy atom. The van der Waals surface area contributed by atoms with Crippen LogP contribution in [0.1, 0.15) is 24.8 Å². The van der Waals surface area contributed by atoms with Gasteiger partial charge in [-0.25, -0.2) is 0 Å². The van der Waals surface area contributed by atoms with Crippen molar-refractivity contribution in [1.82, 2.24) is 0 Å². The second-order valence-corrected chi connectivity index (χ2v) is 5.89. The van der Waals surface area contributed by atoms with Crippen LogP contribution in [0, 0.1) is 5.92 Å². The summed E-state index contributed by atoms with van der Waals surface area (Å²) in [6.45, 7) is 1.94. The van der Waals surface area contributed by atoms with Crippen molar-refractivity contribution < 1.29 is 9.90 Å². The van der Waals surface area contributed by atoms with Gasteiger partial charge >= 0.3 is 0 Å². The van der Waals surface area contributed by atoms with Gasteiger partial charge in [-0.2, -0.15) is 0 Å². The van der Waals surface area contributed by atoms with Crippen LogP contribution in [-0.2, 0) is 11.4 Å². The largest absolute Gasteiger partial charge is 0.392 e. The molecule has 0 unspecified atom stereocenters. The number of nitrogens with zero attached hydrogens (tertiary/aromatic N) is 1. The standard InChI is InChI=1S/C14H19BrN2O2/c15-13-8-12(2-1-11(13)9-18)17-5-3-10(4-6-17)7-14(16)19/h1-2,8,10,18H,3-7,9H2,(H2,16,19). The van der Waals surface area contributed by atoms with Gasteiger partial charge in [-0.05, 0) is 36.5 Å². The highest BCUT2D eigenvalue weighted by Gasteiger charge is 2.21. The first-order valence-electron chi connectivity index (χ1n) is 6.52. The van der Waals surface area contributed by atoms with Crippen LogP contribution in [0.3, 0.4) is 0 Å². The van der Waals surface area contributed by atoms with Crippen molar-refractivity contribution in [1.29, 1.82) is 0 Å². The molecule has 0 atom stereocenters. The van der Waals surface area contributed by atoms with E-state index in [2.05, 4.69) is 20.8 Å². The van der Waals surface area contributed by atoms with E-state index >= 15 is 0 Å². The van der Waals surface area contributed by atoms with Crippen LogP contribution < -0.4 is 10.6 Å². The number of aliphatic hydroxyl groups is 1. The minimum Gasteiger partial charge on any atom is -0.392 e. The molecular formula is C14H19BrN2O2. The fourth-order valence-corrected chi connectivity index (χ4v) is 3.03. The average molecular weight is 327 g/mol. The zero-order valence-corrected chi connectivity index (χ0v) is 12.4. The van der Waals surface area contributed by atoms with Gasteiger partial charge in [-0.1, -0.05) is 22.0 Å². The Hall–Kier alpha value is -1.07. The molecule has 1 aliphatic rings. The minimum atomic E-state index is -0.200. The molecule has 0 aliphatic carbocycles. The average Bonchev–Trinajstić information content (AvgIpc) is 2.39. The zero-order chi connectivity index (χ0) is 13.8. The smallest absolute Gasteiger partial charge is 0.217 e. The molecule has 19 heavy (non-hydrogen) atoms. The van der Waals surface area contributed by atoms with E-state index in [-0.39, 0.29) is 12.5 Å². The monoisotopic (exact) mass is 326 g/mol. The van der Waals surface area contributed by atoms with Gasteiger partial charge in [0.2, 0.25) is 5.91 Å². The van der Waals surface area contributed by atoms with E-state index in [0.717, 1.165) is 41.7 Å². The molecule has 0 saturated carbocycles. The highest BCUT2D eigenvalue weighted by atomic mass is 79.9. The van der Waals surface area contributed by atoms with Crippen molar-refractivity contribution in [2.75, 3.05) is 18.0 Å². The molecule has 0 bridgehead atoms. The number of carbonyl (C=O) groups is 1. The molecule has 0 radical (unpaired) electrons. The van der Waals surface area contributed by atoms with Crippen molar-refractivity contribution in [2.45, 2.75) is 25.9 Å². The number of aliphatic hydroxyl groups excluding tert-OH is 1. The number of rotatable bonds is 4. The summed E-state index contributed by atoms with van der Waals surface area (Å²) in [4.78, 5) is 13.2. The lowest BCUT2D eigenvalue weighted by atomic mass is 9.93. The molecule has 1 amide bonds. The second kappa shape index (κ2) is 6.39. The minimum absolute atomic E-state index is 0.0432. The lowest BCUT2D eigenvalue weighted by Crippen LogP contribution is -2.35. The van der Waals surface area contributed by atoms with E-state index in [1.807, 2.05) is 18.2 Å². The number of anilines is 1. The van der Waals surface area contributed by atoms with Crippen molar-refractivity contribution >= 4 is 27.5 Å². The predicted octanol–water partition coefficient (Wildman–Crippen LogP) is 2.03. The summed E-state index contributed by atoms with van der Waals surface area (Å²) in [7, 11) is 0. The molecule has 0 spiro atoms. The van der Waals surface area contributed by atoms with E-state index < -0.39 is 0 Å². The molecular weight excluding hydrogens is 308 g/mol. The summed E-state index contributed by atoms with van der Waals surface area (Å²) < 4.78 is 0.937. The van der Waals surface area contributed by atoms with Gasteiger partial charge in [0.1, 0.15) is 0 Å². The van der Waals surface area contributed by atoms with E-state index in [0.29, 0.717) is 12.3 Å². The summed E-state index contributed by atoms with van der Waals surface area (Å²) in [5, 5.41) is 9.15. The molecule has 1 aromatic carbocycles. The summed E-state index contributed by atoms with van der Waals surface area (Å²) in [5.74, 6) is 0.224. The maximum atomic E-state index is 10.9. The molecule has 1 saturated heterocycles. The van der Waals surface area contributed by atoms with Gasteiger partial charge in [0.15, 0.2) is 0 Å². The lowest BCUT2D eigenvalue weighted by molar-refractivity contribution is -0.119. The molecule has 1 heterocycles. The molecule has 3 N–H and O–H groups in total. The summed E-state index contributed by atoms with van der Waals surface area (Å²) in [6.07, 6.45) is 2.51. The first-order valence-corrected chi connectivity index (χ1v) is 7.32. The molecule has 0 aromatic heterocycles. The third kappa shape index (κ3) is 3.70. The summed E-state index contributed by atoms with van der Waals surface area (Å²) >= 11 is 3.47. The molecule has 2 rings (SSSR count). The number of hydrogen-bond acceptors (Lipinski definition) is 3. The Morgan fingerprint density at radius 2 is 2.11 bits per heavy atom. The summed E-state index contributed by atoms with van der Waals surface area (Å²) in [6, 6.07) is 6.01. The maximum Gasteiger partial charge on any atom is 0.217 e. The molecule has 4 nitrogen and oxygen atoms in total. The predicted molar refractivity (Wildman–Crippen MR) is 78.8 cm³/mol. The topological polar surface area (TPSA) is 66.6 Å². The number of nitrogens with two attached hydrogens (primary N) is 1. The van der Waals surface area contributed by atoms with Gasteiger partial charge in [-0.3, -0.25) is 4.79 Å². The Balaban J connectivity index is 1.97. The van der Waals surface area contributed by atoms with Crippen molar-refractivity contribution in [3.8, 4) is 0 Å². The van der Waals surface area contributed by atoms with Crippen molar-refractivity contribution in [3.05, 3.63) is 28.2 Å². The molecule has 1 fully saturated rings. The first-order chi connectivity index (χ1) is 9.10. The van der Waals surface area contributed by atoms with Crippen molar-refractivity contribution in [3.63, 3.8) is 0 Å². The molecule has 1 aromatic rings. The Bertz CT molecular complexity index is 457. The number of benzene rings is 1. The highest BCUT2D eigenvalue weighted by Crippen LogP contribution is 2.28. The van der Waals surface area contributed by atoms with Crippen LogP contribution in [-0.4, -0.2) is 24.1 Å². The number of hydrogen-bond donors (Lipinski definition) is 2. The Labute approximate surface area is 121 Å². The van der Waals surface area contributed by atoms with Gasteiger partial charge in [0, 0.05) is 29.7 Å². The van der Waals surface area contributed by atoms with E-state index in [1.165, 1.54) is 0 Å². The van der Waals surface area contributed by atoms with Crippen molar-refractivity contribution in [2.24, 2.45) is 11.7 Å². The van der Waals surface area contributed by atoms with Gasteiger partial charge in [0.05, 0.1) is 6.61 Å². The van der Waals surface area contributed by atoms with Crippen LogP contribution in [0.5, 0.6) is 0 Å². The van der Waals surface area contributed by atoms with Gasteiger partial charge < -0.3 is 15.7 Å². The van der Waals surface area contributed by atoms with Crippen LogP contribution >= 0.6 is 15.9 Å². The summed E-state index contributed by atoms with van der Waals surface area (Å²) in [5.41, 5.74) is 7.29. The van der Waals surface area contributed by atoms with Crippen LogP contribution in [0.15, 0.2) is 22.7 Å². The molecule has 104 valence electrons. The molecule has 5 heteroatoms. The van der Waals surface area contributed by atoms with E-state index in [9.17, 15) is 4.79 Å². The number of carbonyl (C=O) groups excluding carboxylic acids is 1. The maximum absolute atomic E-state index is 10.9. The number of amides is 1. The van der Waals surface area contributed by atoms with Crippen LogP contribution in [0.4, 0.5) is 5.69 Å². The highest BCUT2D eigenvalue weighted by molar-refractivity contribution is 9.10. The number of piperidine rings is 1. The van der Waals surface area contributed by atoms with Gasteiger partial charge in [0.25, 0.3) is 0 Å². The third-order valence-corrected chi connectivity index (χ3v) is 4.41. The van der Waals surface area contributed by atoms with Gasteiger partial charge in [-0.15, -0.1) is 0 Å². The van der Waals surface area contributed by atoms with E-state index in [1.54, 1.807) is 0 Å². The Kier molecular flexibility index (Phi) is 4.82. The van der Waals surface area contributed by atoms with E-state index in [4.69, 9.17) is 10.8 Å². The second-order valence-electron chi connectivity index (χ2n) is 5.03. The number of primary amides is 1. The molecule has 1 aliphatic heterocycles. The number of halogens is 1.